The third kappa shape index (κ3) is 2.57. The molecule has 1 unspecified atom stereocenters. The molecule has 0 fully saturated rings. The van der Waals surface area contributed by atoms with Gasteiger partial charge in [0.15, 0.2) is 0 Å². The van der Waals surface area contributed by atoms with Crippen molar-refractivity contribution < 1.29 is 4.79 Å². The molecule has 0 saturated carbocycles. The molecule has 0 saturated heterocycles. The van der Waals surface area contributed by atoms with Gasteiger partial charge in [-0.2, -0.15) is 0 Å². The molecule has 4 heteroatoms. The maximum atomic E-state index is 11.1. The van der Waals surface area contributed by atoms with E-state index in [1.54, 1.807) is 12.5 Å². The number of imidazole rings is 1. The smallest absolute Gasteiger partial charge is 0.221 e. The molecule has 4 nitrogen and oxygen atoms in total. The van der Waals surface area contributed by atoms with Crippen LogP contribution in [0.4, 0.5) is 0 Å². The van der Waals surface area contributed by atoms with Crippen LogP contribution in [0.2, 0.25) is 0 Å². The molecule has 0 aliphatic carbocycles. The average molecular weight is 181 g/mol. The van der Waals surface area contributed by atoms with E-state index in [0.717, 1.165) is 5.69 Å². The van der Waals surface area contributed by atoms with Crippen molar-refractivity contribution in [3.63, 3.8) is 0 Å². The zero-order chi connectivity index (χ0) is 9.84. The number of carbonyl (C=O) groups is 1. The summed E-state index contributed by atoms with van der Waals surface area (Å²) in [5.41, 5.74) is 6.16. The number of nitrogens with one attached hydrogen (secondary N) is 1. The Hall–Kier alpha value is -1.32. The molecule has 0 bridgehead atoms. The summed E-state index contributed by atoms with van der Waals surface area (Å²) in [6.07, 6.45) is 4.02. The van der Waals surface area contributed by atoms with Gasteiger partial charge in [-0.25, -0.2) is 4.98 Å². The zero-order valence-electron chi connectivity index (χ0n) is 7.95. The average Bonchev–Trinajstić information content (AvgIpc) is 2.50. The SMILES string of the molecule is CC(C)C(Cc1c[nH]cn1)C(N)=O. The molecule has 0 aliphatic rings. The normalized spacial score (nSPS) is 13.2. The largest absolute Gasteiger partial charge is 0.369 e. The molecule has 0 radical (unpaired) electrons. The summed E-state index contributed by atoms with van der Waals surface area (Å²) in [5.74, 6) is -0.115. The van der Waals surface area contributed by atoms with Crippen LogP contribution in [0.15, 0.2) is 12.5 Å². The van der Waals surface area contributed by atoms with Crippen molar-refractivity contribution in [2.45, 2.75) is 20.3 Å². The van der Waals surface area contributed by atoms with Crippen LogP contribution in [-0.4, -0.2) is 15.9 Å². The predicted molar refractivity (Wildman–Crippen MR) is 49.8 cm³/mol. The Morgan fingerprint density at radius 3 is 2.77 bits per heavy atom. The van der Waals surface area contributed by atoms with Crippen LogP contribution in [0.5, 0.6) is 0 Å². The highest BCUT2D eigenvalue weighted by Gasteiger charge is 2.20. The minimum Gasteiger partial charge on any atom is -0.369 e. The number of aromatic nitrogens is 2. The first kappa shape index (κ1) is 9.77. The van der Waals surface area contributed by atoms with Gasteiger partial charge in [0.05, 0.1) is 12.0 Å². The first-order valence-corrected chi connectivity index (χ1v) is 4.38. The van der Waals surface area contributed by atoms with E-state index in [1.165, 1.54) is 0 Å². The number of carbonyl (C=O) groups excluding carboxylic acids is 1. The number of primary amides is 1. The summed E-state index contributed by atoms with van der Waals surface area (Å²) >= 11 is 0. The molecular formula is C9H15N3O. The lowest BCUT2D eigenvalue weighted by molar-refractivity contribution is -0.123. The molecule has 0 spiro atoms. The highest BCUT2D eigenvalue weighted by molar-refractivity contribution is 5.77. The fraction of sp³-hybridized carbons (Fsp3) is 0.556. The van der Waals surface area contributed by atoms with E-state index in [1.807, 2.05) is 13.8 Å². The van der Waals surface area contributed by atoms with Gasteiger partial charge in [0.2, 0.25) is 5.91 Å². The molecule has 1 rings (SSSR count). The van der Waals surface area contributed by atoms with E-state index in [-0.39, 0.29) is 17.7 Å². The summed E-state index contributed by atoms with van der Waals surface area (Å²) in [6.45, 7) is 3.98. The van der Waals surface area contributed by atoms with E-state index in [0.29, 0.717) is 6.42 Å². The van der Waals surface area contributed by atoms with Gasteiger partial charge in [-0.15, -0.1) is 0 Å². The number of nitrogens with zero attached hydrogens (tertiary/aromatic N) is 1. The highest BCUT2D eigenvalue weighted by atomic mass is 16.1. The number of H-pyrrole nitrogens is 1. The van der Waals surface area contributed by atoms with Crippen LogP contribution in [0.3, 0.4) is 0 Å². The molecule has 0 aromatic carbocycles. The van der Waals surface area contributed by atoms with Gasteiger partial charge >= 0.3 is 0 Å². The fourth-order valence-electron chi connectivity index (χ4n) is 1.29. The Labute approximate surface area is 77.6 Å². The van der Waals surface area contributed by atoms with E-state index in [9.17, 15) is 4.79 Å². The van der Waals surface area contributed by atoms with Crippen LogP contribution < -0.4 is 5.73 Å². The summed E-state index contributed by atoms with van der Waals surface area (Å²) < 4.78 is 0. The Kier molecular flexibility index (Phi) is 3.06. The maximum Gasteiger partial charge on any atom is 0.221 e. The van der Waals surface area contributed by atoms with Crippen molar-refractivity contribution in [2.24, 2.45) is 17.6 Å². The third-order valence-corrected chi connectivity index (χ3v) is 2.15. The molecule has 0 aliphatic heterocycles. The third-order valence-electron chi connectivity index (χ3n) is 2.15. The molecule has 1 aromatic heterocycles. The van der Waals surface area contributed by atoms with Gasteiger partial charge in [-0.3, -0.25) is 4.79 Å². The number of amides is 1. The maximum absolute atomic E-state index is 11.1. The highest BCUT2D eigenvalue weighted by Crippen LogP contribution is 2.14. The van der Waals surface area contributed by atoms with Gasteiger partial charge < -0.3 is 10.7 Å². The number of hydrogen-bond acceptors (Lipinski definition) is 2. The Morgan fingerprint density at radius 1 is 1.69 bits per heavy atom. The number of nitrogens with two attached hydrogens (primary N) is 1. The predicted octanol–water partition coefficient (Wildman–Crippen LogP) is 0.710. The molecule has 3 N–H and O–H groups in total. The van der Waals surface area contributed by atoms with Crippen LogP contribution in [-0.2, 0) is 11.2 Å². The lowest BCUT2D eigenvalue weighted by Crippen LogP contribution is -2.29. The van der Waals surface area contributed by atoms with Crippen LogP contribution in [0.25, 0.3) is 0 Å². The first-order valence-electron chi connectivity index (χ1n) is 4.38. The van der Waals surface area contributed by atoms with E-state index in [2.05, 4.69) is 9.97 Å². The standard InChI is InChI=1S/C9H15N3O/c1-6(2)8(9(10)13)3-7-4-11-5-12-7/h4-6,8H,3H2,1-2H3,(H2,10,13)(H,11,12). The number of rotatable bonds is 4. The molecule has 1 amide bonds. The quantitative estimate of drug-likeness (QED) is 0.718. The Balaban J connectivity index is 2.63. The molecule has 1 heterocycles. The minimum absolute atomic E-state index is 0.122. The summed E-state index contributed by atoms with van der Waals surface area (Å²) in [7, 11) is 0. The zero-order valence-corrected chi connectivity index (χ0v) is 7.95. The van der Waals surface area contributed by atoms with Crippen molar-refractivity contribution in [1.29, 1.82) is 0 Å². The first-order chi connectivity index (χ1) is 6.11. The van der Waals surface area contributed by atoms with Gasteiger partial charge in [0.25, 0.3) is 0 Å². The lowest BCUT2D eigenvalue weighted by Gasteiger charge is -2.15. The lowest BCUT2D eigenvalue weighted by atomic mass is 9.91. The van der Waals surface area contributed by atoms with Crippen LogP contribution in [0, 0.1) is 11.8 Å². The van der Waals surface area contributed by atoms with Gasteiger partial charge in [-0.1, -0.05) is 13.8 Å². The van der Waals surface area contributed by atoms with Crippen molar-refractivity contribution in [1.82, 2.24) is 9.97 Å². The summed E-state index contributed by atoms with van der Waals surface area (Å²) in [4.78, 5) is 18.0. The molecule has 72 valence electrons. The second-order valence-electron chi connectivity index (χ2n) is 3.52. The molecule has 1 aromatic rings. The molecule has 1 atom stereocenters. The van der Waals surface area contributed by atoms with E-state index >= 15 is 0 Å². The van der Waals surface area contributed by atoms with Crippen LogP contribution >= 0.6 is 0 Å². The molecular weight excluding hydrogens is 166 g/mol. The van der Waals surface area contributed by atoms with E-state index < -0.39 is 0 Å². The summed E-state index contributed by atoms with van der Waals surface area (Å²) in [5, 5.41) is 0. The van der Waals surface area contributed by atoms with E-state index in [4.69, 9.17) is 5.73 Å². The Bertz CT molecular complexity index is 266. The van der Waals surface area contributed by atoms with Gasteiger partial charge in [-0.05, 0) is 5.92 Å². The van der Waals surface area contributed by atoms with Crippen LogP contribution in [0.1, 0.15) is 19.5 Å². The second kappa shape index (κ2) is 4.07. The van der Waals surface area contributed by atoms with Gasteiger partial charge in [0.1, 0.15) is 0 Å². The topological polar surface area (TPSA) is 71.8 Å². The second-order valence-corrected chi connectivity index (χ2v) is 3.52. The van der Waals surface area contributed by atoms with Gasteiger partial charge in [0, 0.05) is 18.5 Å². The number of hydrogen-bond donors (Lipinski definition) is 2. The van der Waals surface area contributed by atoms with Crippen molar-refractivity contribution in [3.8, 4) is 0 Å². The summed E-state index contributed by atoms with van der Waals surface area (Å²) in [6, 6.07) is 0. The fourth-order valence-corrected chi connectivity index (χ4v) is 1.29. The molecule has 13 heavy (non-hydrogen) atoms. The minimum atomic E-state index is -0.252. The van der Waals surface area contributed by atoms with Crippen molar-refractivity contribution in [2.75, 3.05) is 0 Å². The monoisotopic (exact) mass is 181 g/mol. The van der Waals surface area contributed by atoms with Crippen molar-refractivity contribution >= 4 is 5.91 Å². The Morgan fingerprint density at radius 2 is 2.38 bits per heavy atom. The number of aromatic amines is 1. The van der Waals surface area contributed by atoms with Crippen molar-refractivity contribution in [3.05, 3.63) is 18.2 Å².